The highest BCUT2D eigenvalue weighted by molar-refractivity contribution is 7.96. The lowest BCUT2D eigenvalue weighted by Gasteiger charge is -2.35. The van der Waals surface area contributed by atoms with E-state index in [0.717, 1.165) is 12.3 Å². The van der Waals surface area contributed by atoms with Gasteiger partial charge >= 0.3 is 0 Å². The van der Waals surface area contributed by atoms with Gasteiger partial charge in [0.1, 0.15) is 46.4 Å². The van der Waals surface area contributed by atoms with Crippen molar-refractivity contribution < 1.29 is 0 Å². The molecule has 0 saturated carbocycles. The second kappa shape index (κ2) is 14.6. The van der Waals surface area contributed by atoms with E-state index >= 15 is 0 Å². The minimum Gasteiger partial charge on any atom is -0.0618 e. The maximum atomic E-state index is 2.54. The molecule has 9 aromatic rings. The molecular weight excluding hydrogens is 735 g/mol. The van der Waals surface area contributed by atoms with Gasteiger partial charge in [-0.25, -0.2) is 0 Å². The zero-order valence-corrected chi connectivity index (χ0v) is 35.6. The quantitative estimate of drug-likeness (QED) is 0.156. The summed E-state index contributed by atoms with van der Waals surface area (Å²) in [6.07, 6.45) is 1.87. The molecule has 0 fully saturated rings. The van der Waals surface area contributed by atoms with Crippen molar-refractivity contribution in [3.63, 3.8) is 0 Å². The lowest BCUT2D eigenvalue weighted by atomic mass is 9.93. The van der Waals surface area contributed by atoms with Gasteiger partial charge in [-0.15, -0.1) is 0 Å². The van der Waals surface area contributed by atoms with Crippen LogP contribution in [0.1, 0.15) is 33.4 Å². The molecule has 280 valence electrons. The Morgan fingerprint density at radius 1 is 0.293 bits per heavy atom. The Labute approximate surface area is 344 Å². The van der Waals surface area contributed by atoms with Crippen molar-refractivity contribution in [2.45, 2.75) is 40.0 Å². The predicted octanol–water partition coefficient (Wildman–Crippen LogP) is 12.2. The maximum Gasteiger partial charge on any atom is 0.117 e. The predicted molar refractivity (Wildman–Crippen MR) is 257 cm³/mol. The van der Waals surface area contributed by atoms with E-state index in [4.69, 9.17) is 0 Å². The van der Waals surface area contributed by atoms with Crippen molar-refractivity contribution in [2.24, 2.45) is 0 Å². The van der Waals surface area contributed by atoms with Crippen molar-refractivity contribution >= 4 is 67.9 Å². The molecule has 1 heterocycles. The maximum absolute atomic E-state index is 2.54. The molecule has 0 radical (unpaired) electrons. The highest BCUT2D eigenvalue weighted by Crippen LogP contribution is 2.66. The average molecular weight is 783 g/mol. The Bertz CT molecular complexity index is 2660. The van der Waals surface area contributed by atoms with E-state index < -0.39 is 14.5 Å². The summed E-state index contributed by atoms with van der Waals surface area (Å²) in [4.78, 5) is 0. The zero-order valence-electron chi connectivity index (χ0n) is 33.8. The van der Waals surface area contributed by atoms with Crippen LogP contribution in [0.25, 0.3) is 32.7 Å². The molecule has 0 aliphatic carbocycles. The molecule has 0 nitrogen and oxygen atoms in total. The van der Waals surface area contributed by atoms with Crippen LogP contribution >= 0.6 is 14.5 Å². The molecule has 2 heteroatoms. The number of hydrogen-bond acceptors (Lipinski definition) is 0. The van der Waals surface area contributed by atoms with E-state index in [9.17, 15) is 0 Å². The molecule has 0 bridgehead atoms. The fourth-order valence-electron chi connectivity index (χ4n) is 9.65. The van der Waals surface area contributed by atoms with Crippen LogP contribution < -0.4 is 31.8 Å². The fourth-order valence-corrected chi connectivity index (χ4v) is 18.6. The first-order chi connectivity index (χ1) is 28.3. The van der Waals surface area contributed by atoms with Crippen LogP contribution in [0.3, 0.4) is 0 Å². The van der Waals surface area contributed by atoms with E-state index in [1.165, 1.54) is 97.9 Å². The van der Waals surface area contributed by atoms with Gasteiger partial charge in [0.15, 0.2) is 0 Å². The van der Waals surface area contributed by atoms with E-state index in [2.05, 4.69) is 222 Å². The summed E-state index contributed by atoms with van der Waals surface area (Å²) in [5.41, 5.74) is 10.8. The number of fused-ring (bicyclic) bond motifs is 8. The summed E-state index contributed by atoms with van der Waals surface area (Å²) < 4.78 is 0. The normalized spacial score (nSPS) is 14.3. The van der Waals surface area contributed by atoms with Gasteiger partial charge in [-0.3, -0.25) is 0 Å². The molecule has 0 spiro atoms. The summed E-state index contributed by atoms with van der Waals surface area (Å²) in [6, 6.07) is 76.1. The Kier molecular flexibility index (Phi) is 9.25. The smallest absolute Gasteiger partial charge is 0.0618 e. The first kappa shape index (κ1) is 36.7. The molecule has 1 aliphatic rings. The SMILES string of the molecule is Cc1ccc([P+]2(c3ccc(C)cc3)Cc3ccccc3C[P+](c3ccc(C)cc3)(c3ccc(C)cc3)c3ccc4ccccc4c3-c3c2ccc2ccccc32)cc1. The lowest BCUT2D eigenvalue weighted by Crippen LogP contribution is -2.38. The standard InChI is InChI=1S/C56H48P2/c1-39-17-27-47(28-18-39)57(48-29-19-40(2)20-30-48)37-45-13-5-6-14-46(45)38-58(49-31-21-41(3)22-32-49,50-33-23-42(4)24-34-50)54-36-26-44-12-8-10-16-52(44)56(54)55-51-15-9-7-11-43(51)25-35-53(55)57/h5-36H,37-38H2,1-4H3/q+2. The minimum absolute atomic E-state index is 0.933. The molecule has 1 aliphatic heterocycles. The summed E-state index contributed by atoms with van der Waals surface area (Å²) in [5.74, 6) is 0. The van der Waals surface area contributed by atoms with E-state index in [1.807, 2.05) is 0 Å². The van der Waals surface area contributed by atoms with E-state index in [1.54, 1.807) is 0 Å². The van der Waals surface area contributed by atoms with Gasteiger partial charge in [0.2, 0.25) is 0 Å². The fraction of sp³-hybridized carbons (Fsp3) is 0.107. The molecule has 0 aromatic heterocycles. The molecule has 10 rings (SSSR count). The van der Waals surface area contributed by atoms with E-state index in [0.29, 0.717) is 0 Å². The van der Waals surface area contributed by atoms with Crippen molar-refractivity contribution in [3.8, 4) is 11.1 Å². The van der Waals surface area contributed by atoms with Crippen LogP contribution in [-0.4, -0.2) is 0 Å². The van der Waals surface area contributed by atoms with Crippen molar-refractivity contribution in [3.05, 3.63) is 228 Å². The molecule has 0 amide bonds. The lowest BCUT2D eigenvalue weighted by molar-refractivity contribution is 1.26. The summed E-state index contributed by atoms with van der Waals surface area (Å²) in [6.45, 7) is 8.86. The van der Waals surface area contributed by atoms with Crippen LogP contribution in [0.15, 0.2) is 194 Å². The number of hydrogen-bond donors (Lipinski definition) is 0. The topological polar surface area (TPSA) is 0 Å². The zero-order chi connectivity index (χ0) is 39.4. The van der Waals surface area contributed by atoms with Gasteiger partial charge in [0.25, 0.3) is 0 Å². The summed E-state index contributed by atoms with van der Waals surface area (Å²) >= 11 is 0. The van der Waals surface area contributed by atoms with Gasteiger partial charge in [-0.2, -0.15) is 0 Å². The summed E-state index contributed by atoms with van der Waals surface area (Å²) in [5, 5.41) is 13.8. The monoisotopic (exact) mass is 782 g/mol. The van der Waals surface area contributed by atoms with Crippen LogP contribution in [0, 0.1) is 27.7 Å². The number of aryl methyl sites for hydroxylation is 4. The second-order valence-corrected chi connectivity index (χ2v) is 23.3. The van der Waals surface area contributed by atoms with Crippen LogP contribution in [0.5, 0.6) is 0 Å². The molecule has 0 unspecified atom stereocenters. The minimum atomic E-state index is -2.40. The van der Waals surface area contributed by atoms with Crippen molar-refractivity contribution in [2.75, 3.05) is 0 Å². The van der Waals surface area contributed by atoms with Crippen molar-refractivity contribution in [1.29, 1.82) is 0 Å². The molecule has 9 aromatic carbocycles. The largest absolute Gasteiger partial charge is 0.117 e. The highest BCUT2D eigenvalue weighted by atomic mass is 31.2. The van der Waals surface area contributed by atoms with Gasteiger partial charge in [0.05, 0.1) is 12.3 Å². The molecule has 0 atom stereocenters. The van der Waals surface area contributed by atoms with Crippen LogP contribution in [0.2, 0.25) is 0 Å². The van der Waals surface area contributed by atoms with Gasteiger partial charge in [0, 0.05) is 11.1 Å². The Morgan fingerprint density at radius 2 is 0.586 bits per heavy atom. The van der Waals surface area contributed by atoms with Gasteiger partial charge < -0.3 is 0 Å². The first-order valence-corrected chi connectivity index (χ1v) is 24.5. The third-order valence-corrected chi connectivity index (χ3v) is 21.5. The number of benzene rings is 9. The Balaban J connectivity index is 1.49. The Morgan fingerprint density at radius 3 is 0.914 bits per heavy atom. The van der Waals surface area contributed by atoms with Crippen LogP contribution in [0.4, 0.5) is 0 Å². The van der Waals surface area contributed by atoms with Gasteiger partial charge in [-0.1, -0.05) is 156 Å². The number of rotatable bonds is 4. The highest BCUT2D eigenvalue weighted by Gasteiger charge is 2.53. The molecule has 0 N–H and O–H groups in total. The summed E-state index contributed by atoms with van der Waals surface area (Å²) in [7, 11) is -4.80. The Hall–Kier alpha value is -5.64. The average Bonchev–Trinajstić information content (AvgIpc) is 3.26. The third-order valence-electron chi connectivity index (χ3n) is 12.7. The van der Waals surface area contributed by atoms with Crippen LogP contribution in [-0.2, 0) is 12.3 Å². The molecular formula is C56H48P2+2. The molecule has 58 heavy (non-hydrogen) atoms. The van der Waals surface area contributed by atoms with Gasteiger partial charge in [-0.05, 0) is 121 Å². The van der Waals surface area contributed by atoms with E-state index in [-0.39, 0.29) is 0 Å². The first-order valence-electron chi connectivity index (χ1n) is 20.5. The third kappa shape index (κ3) is 5.97. The molecule has 0 saturated heterocycles. The second-order valence-electron chi connectivity index (χ2n) is 16.4. The van der Waals surface area contributed by atoms with Crippen molar-refractivity contribution in [1.82, 2.24) is 0 Å².